The highest BCUT2D eigenvalue weighted by atomic mass is 16.3. The second kappa shape index (κ2) is 5.18. The molecule has 7 atom stereocenters. The van der Waals surface area contributed by atoms with Gasteiger partial charge in [0.25, 0.3) is 0 Å². The molecule has 0 heterocycles. The van der Waals surface area contributed by atoms with E-state index in [0.717, 1.165) is 37.0 Å². The highest BCUT2D eigenvalue weighted by molar-refractivity contribution is 5.79. The fraction of sp³-hybridized carbons (Fsp3) is 0.857. The lowest BCUT2D eigenvalue weighted by Crippen LogP contribution is -2.51. The lowest BCUT2D eigenvalue weighted by Gasteiger charge is -2.58. The van der Waals surface area contributed by atoms with Gasteiger partial charge >= 0.3 is 0 Å². The third-order valence-electron chi connectivity index (χ3n) is 8.58. The van der Waals surface area contributed by atoms with E-state index in [2.05, 4.69) is 19.9 Å². The predicted molar refractivity (Wildman–Crippen MR) is 91.9 cm³/mol. The molecule has 0 amide bonds. The van der Waals surface area contributed by atoms with Crippen molar-refractivity contribution in [1.82, 2.24) is 0 Å². The smallest absolute Gasteiger partial charge is 0.133 e. The van der Waals surface area contributed by atoms with Gasteiger partial charge in [-0.2, -0.15) is 0 Å². The molecule has 4 aliphatic carbocycles. The summed E-state index contributed by atoms with van der Waals surface area (Å²) in [7, 11) is 0. The number of ketones is 1. The van der Waals surface area contributed by atoms with Gasteiger partial charge < -0.3 is 5.11 Å². The fourth-order valence-electron chi connectivity index (χ4n) is 7.38. The summed E-state index contributed by atoms with van der Waals surface area (Å²) in [5.41, 5.74) is 2.12. The van der Waals surface area contributed by atoms with Gasteiger partial charge in [-0.15, -0.1) is 0 Å². The fourth-order valence-corrected chi connectivity index (χ4v) is 7.38. The molecule has 128 valence electrons. The Bertz CT molecular complexity index is 550. The van der Waals surface area contributed by atoms with Crippen LogP contribution in [0.4, 0.5) is 0 Å². The number of carbonyl (C=O) groups excluding carboxylic acids is 1. The Hall–Kier alpha value is -0.630. The topological polar surface area (TPSA) is 37.3 Å². The average molecular weight is 316 g/mol. The van der Waals surface area contributed by atoms with Crippen LogP contribution in [0.1, 0.15) is 72.1 Å². The molecule has 0 aromatic rings. The van der Waals surface area contributed by atoms with Crippen molar-refractivity contribution >= 4 is 5.78 Å². The number of Topliss-reactive ketones (excluding diaryl/α,β-unsaturated/α-hetero) is 1. The summed E-state index contributed by atoms with van der Waals surface area (Å²) in [6.07, 6.45) is 11.4. The molecule has 3 fully saturated rings. The van der Waals surface area contributed by atoms with E-state index in [0.29, 0.717) is 17.1 Å². The second-order valence-electron chi connectivity index (χ2n) is 9.42. The lowest BCUT2D eigenvalue weighted by molar-refractivity contribution is -0.127. The minimum absolute atomic E-state index is 0.211. The quantitative estimate of drug-likeness (QED) is 0.722. The standard InChI is InChI=1S/C21H32O2/c1-13(22)17-6-7-18-16-5-4-14-12-15(23)8-10-20(14,2)19(16)9-11-21(17,18)3/h12,15-19,23H,4-11H2,1-3H3/t15-,16+,17-,18+,19+,20+,21-/m1/s1. The van der Waals surface area contributed by atoms with Gasteiger partial charge in [0.1, 0.15) is 5.78 Å². The summed E-state index contributed by atoms with van der Waals surface area (Å²) in [5, 5.41) is 10.0. The second-order valence-corrected chi connectivity index (χ2v) is 9.42. The van der Waals surface area contributed by atoms with E-state index < -0.39 is 0 Å². The van der Waals surface area contributed by atoms with Crippen LogP contribution in [-0.4, -0.2) is 17.0 Å². The van der Waals surface area contributed by atoms with Gasteiger partial charge in [-0.3, -0.25) is 4.79 Å². The summed E-state index contributed by atoms with van der Waals surface area (Å²) < 4.78 is 0. The number of fused-ring (bicyclic) bond motifs is 5. The molecule has 0 radical (unpaired) electrons. The Balaban J connectivity index is 1.66. The summed E-state index contributed by atoms with van der Waals surface area (Å²) in [4.78, 5) is 12.2. The first-order chi connectivity index (χ1) is 10.9. The molecular formula is C21H32O2. The molecule has 0 bridgehead atoms. The van der Waals surface area contributed by atoms with Crippen molar-refractivity contribution in [2.75, 3.05) is 0 Å². The summed E-state index contributed by atoms with van der Waals surface area (Å²) in [6, 6.07) is 0. The monoisotopic (exact) mass is 316 g/mol. The van der Waals surface area contributed by atoms with Crippen LogP contribution >= 0.6 is 0 Å². The van der Waals surface area contributed by atoms with E-state index in [1.807, 2.05) is 6.92 Å². The van der Waals surface area contributed by atoms with Crippen LogP contribution in [0.5, 0.6) is 0 Å². The predicted octanol–water partition coefficient (Wildman–Crippen LogP) is 4.52. The molecule has 2 nitrogen and oxygen atoms in total. The molecule has 0 saturated heterocycles. The van der Waals surface area contributed by atoms with Crippen LogP contribution in [0.3, 0.4) is 0 Å². The first-order valence-electron chi connectivity index (χ1n) is 9.76. The normalized spacial score (nSPS) is 52.2. The van der Waals surface area contributed by atoms with Crippen molar-refractivity contribution < 1.29 is 9.90 Å². The van der Waals surface area contributed by atoms with Crippen molar-refractivity contribution in [2.24, 2.45) is 34.5 Å². The Kier molecular flexibility index (Phi) is 3.58. The molecule has 1 N–H and O–H groups in total. The zero-order chi connectivity index (χ0) is 16.4. The van der Waals surface area contributed by atoms with Gasteiger partial charge in [0.05, 0.1) is 6.10 Å². The molecule has 2 heteroatoms. The number of hydrogen-bond acceptors (Lipinski definition) is 2. The molecule has 0 spiro atoms. The summed E-state index contributed by atoms with van der Waals surface area (Å²) >= 11 is 0. The molecule has 4 aliphatic rings. The van der Waals surface area contributed by atoms with Crippen LogP contribution < -0.4 is 0 Å². The van der Waals surface area contributed by atoms with Crippen LogP contribution in [0.15, 0.2) is 11.6 Å². The van der Waals surface area contributed by atoms with Crippen molar-refractivity contribution in [1.29, 1.82) is 0 Å². The van der Waals surface area contributed by atoms with E-state index in [1.54, 1.807) is 5.57 Å². The highest BCUT2D eigenvalue weighted by Gasteiger charge is 2.59. The number of allylic oxidation sites excluding steroid dienone is 1. The molecule has 3 saturated carbocycles. The maximum atomic E-state index is 12.2. The van der Waals surface area contributed by atoms with Crippen molar-refractivity contribution in [3.63, 3.8) is 0 Å². The van der Waals surface area contributed by atoms with Gasteiger partial charge in [0.2, 0.25) is 0 Å². The number of rotatable bonds is 1. The Morgan fingerprint density at radius 1 is 1.09 bits per heavy atom. The Morgan fingerprint density at radius 3 is 2.61 bits per heavy atom. The molecule has 0 aromatic carbocycles. The van der Waals surface area contributed by atoms with Crippen LogP contribution in [0, 0.1) is 34.5 Å². The average Bonchev–Trinajstić information content (AvgIpc) is 2.85. The number of hydrogen-bond donors (Lipinski definition) is 1. The van der Waals surface area contributed by atoms with E-state index in [9.17, 15) is 9.90 Å². The molecule has 4 rings (SSSR count). The van der Waals surface area contributed by atoms with Gasteiger partial charge in [-0.05, 0) is 86.9 Å². The molecule has 0 unspecified atom stereocenters. The maximum Gasteiger partial charge on any atom is 0.133 e. The molecular weight excluding hydrogens is 284 g/mol. The minimum atomic E-state index is -0.211. The minimum Gasteiger partial charge on any atom is -0.389 e. The zero-order valence-electron chi connectivity index (χ0n) is 15.0. The van der Waals surface area contributed by atoms with E-state index in [4.69, 9.17) is 0 Å². The van der Waals surface area contributed by atoms with Crippen LogP contribution in [0.2, 0.25) is 0 Å². The summed E-state index contributed by atoms with van der Waals surface area (Å²) in [5.74, 6) is 3.07. The van der Waals surface area contributed by atoms with Crippen LogP contribution in [0.25, 0.3) is 0 Å². The van der Waals surface area contributed by atoms with Gasteiger partial charge in [0.15, 0.2) is 0 Å². The lowest BCUT2D eigenvalue weighted by atomic mass is 9.46. The maximum absolute atomic E-state index is 12.2. The number of aliphatic hydroxyl groups excluding tert-OH is 1. The van der Waals surface area contributed by atoms with Crippen LogP contribution in [-0.2, 0) is 4.79 Å². The van der Waals surface area contributed by atoms with Crippen molar-refractivity contribution in [3.8, 4) is 0 Å². The van der Waals surface area contributed by atoms with E-state index in [1.165, 1.54) is 32.1 Å². The number of aliphatic hydroxyl groups is 1. The first-order valence-corrected chi connectivity index (χ1v) is 9.76. The largest absolute Gasteiger partial charge is 0.389 e. The van der Waals surface area contributed by atoms with Gasteiger partial charge in [-0.25, -0.2) is 0 Å². The molecule has 0 aliphatic heterocycles. The highest BCUT2D eigenvalue weighted by Crippen LogP contribution is 2.66. The zero-order valence-corrected chi connectivity index (χ0v) is 15.0. The van der Waals surface area contributed by atoms with Gasteiger partial charge in [0, 0.05) is 5.92 Å². The Labute approximate surface area is 140 Å². The van der Waals surface area contributed by atoms with Crippen molar-refractivity contribution in [2.45, 2.75) is 78.2 Å². The Morgan fingerprint density at radius 2 is 1.87 bits per heavy atom. The molecule has 0 aromatic heterocycles. The summed E-state index contributed by atoms with van der Waals surface area (Å²) in [6.45, 7) is 6.71. The number of carbonyl (C=O) groups is 1. The third kappa shape index (κ3) is 2.13. The first kappa shape index (κ1) is 15.9. The van der Waals surface area contributed by atoms with Gasteiger partial charge in [-0.1, -0.05) is 25.5 Å². The third-order valence-corrected chi connectivity index (χ3v) is 8.58. The SMILES string of the molecule is CC(=O)[C@H]1CC[C@H]2[C@@H]3CCC4=C[C@H](O)CC[C@]4(C)[C@H]3CC[C@]12C. The van der Waals surface area contributed by atoms with E-state index in [-0.39, 0.29) is 11.5 Å². The van der Waals surface area contributed by atoms with E-state index >= 15 is 0 Å². The molecule has 23 heavy (non-hydrogen) atoms. The van der Waals surface area contributed by atoms with Crippen molar-refractivity contribution in [3.05, 3.63) is 11.6 Å².